The van der Waals surface area contributed by atoms with Crippen molar-refractivity contribution in [3.63, 3.8) is 0 Å². The molecular formula is C15H18N2O3. The van der Waals surface area contributed by atoms with Gasteiger partial charge in [0, 0.05) is 5.69 Å². The lowest BCUT2D eigenvalue weighted by Gasteiger charge is -2.12. The number of hydrogen-bond donors (Lipinski definition) is 3. The monoisotopic (exact) mass is 274 g/mol. The van der Waals surface area contributed by atoms with Crippen molar-refractivity contribution in [2.45, 2.75) is 32.2 Å². The average molecular weight is 274 g/mol. The second-order valence-corrected chi connectivity index (χ2v) is 4.61. The first-order chi connectivity index (χ1) is 9.42. The van der Waals surface area contributed by atoms with Crippen LogP contribution in [0.3, 0.4) is 0 Å². The average Bonchev–Trinajstić information content (AvgIpc) is 2.38. The van der Waals surface area contributed by atoms with Gasteiger partial charge in [0.15, 0.2) is 0 Å². The summed E-state index contributed by atoms with van der Waals surface area (Å²) in [6, 6.07) is 6.34. The summed E-state index contributed by atoms with van der Waals surface area (Å²) in [5, 5.41) is 14.0. The first-order valence-electron chi connectivity index (χ1n) is 6.27. The number of nitrogens with one attached hydrogen (secondary N) is 2. The van der Waals surface area contributed by atoms with Crippen molar-refractivity contribution < 1.29 is 14.7 Å². The van der Waals surface area contributed by atoms with Gasteiger partial charge in [-0.25, -0.2) is 4.79 Å². The maximum Gasteiger partial charge on any atom is 0.320 e. The normalized spacial score (nSPS) is 12.8. The van der Waals surface area contributed by atoms with Crippen LogP contribution in [0.25, 0.3) is 0 Å². The van der Waals surface area contributed by atoms with E-state index in [0.717, 1.165) is 5.56 Å². The number of carboxylic acids is 1. The maximum atomic E-state index is 11.6. The van der Waals surface area contributed by atoms with Crippen LogP contribution in [-0.4, -0.2) is 23.1 Å². The Morgan fingerprint density at radius 2 is 1.90 bits per heavy atom. The van der Waals surface area contributed by atoms with E-state index in [1.54, 1.807) is 31.2 Å². The molecule has 0 saturated heterocycles. The van der Waals surface area contributed by atoms with E-state index in [0.29, 0.717) is 5.69 Å². The second-order valence-electron chi connectivity index (χ2n) is 4.61. The molecule has 0 radical (unpaired) electrons. The lowest BCUT2D eigenvalue weighted by Crippen LogP contribution is -2.35. The van der Waals surface area contributed by atoms with Gasteiger partial charge in [-0.2, -0.15) is 0 Å². The molecule has 1 rings (SSSR count). The molecule has 0 fully saturated rings. The quantitative estimate of drug-likeness (QED) is 0.721. The summed E-state index contributed by atoms with van der Waals surface area (Å²) in [5.41, 5.74) is 1.54. The van der Waals surface area contributed by atoms with E-state index in [4.69, 9.17) is 11.5 Å². The highest BCUT2D eigenvalue weighted by atomic mass is 16.4. The maximum absolute atomic E-state index is 11.6. The molecule has 0 aliphatic rings. The van der Waals surface area contributed by atoms with Gasteiger partial charge >= 0.3 is 12.0 Å². The Kier molecular flexibility index (Phi) is 5.60. The van der Waals surface area contributed by atoms with E-state index in [-0.39, 0.29) is 24.4 Å². The van der Waals surface area contributed by atoms with Gasteiger partial charge in [0.25, 0.3) is 0 Å². The Balaban J connectivity index is 2.61. The molecule has 2 atom stereocenters. The molecule has 0 bridgehead atoms. The largest absolute Gasteiger partial charge is 0.481 e. The van der Waals surface area contributed by atoms with E-state index in [9.17, 15) is 9.59 Å². The molecule has 1 aromatic carbocycles. The zero-order valence-electron chi connectivity index (χ0n) is 11.5. The summed E-state index contributed by atoms with van der Waals surface area (Å²) in [6.07, 6.45) is 5.24. The first-order valence-corrected chi connectivity index (χ1v) is 6.27. The Morgan fingerprint density at radius 3 is 2.40 bits per heavy atom. The van der Waals surface area contributed by atoms with Crippen LogP contribution >= 0.6 is 0 Å². The highest BCUT2D eigenvalue weighted by molar-refractivity contribution is 5.89. The van der Waals surface area contributed by atoms with Crippen LogP contribution in [0, 0.1) is 12.3 Å². The van der Waals surface area contributed by atoms with Gasteiger partial charge in [-0.3, -0.25) is 4.79 Å². The zero-order chi connectivity index (χ0) is 15.1. The Bertz CT molecular complexity index is 517. The molecule has 5 nitrogen and oxygen atoms in total. The van der Waals surface area contributed by atoms with Gasteiger partial charge in [0.1, 0.15) is 0 Å². The highest BCUT2D eigenvalue weighted by Gasteiger charge is 2.10. The van der Waals surface area contributed by atoms with Crippen molar-refractivity contribution in [2.24, 2.45) is 0 Å². The van der Waals surface area contributed by atoms with Crippen LogP contribution in [0.2, 0.25) is 0 Å². The summed E-state index contributed by atoms with van der Waals surface area (Å²) in [6.45, 7) is 3.55. The smallest absolute Gasteiger partial charge is 0.320 e. The molecule has 2 unspecified atom stereocenters. The highest BCUT2D eigenvalue weighted by Crippen LogP contribution is 2.20. The minimum absolute atomic E-state index is 0.0724. The molecule has 5 heteroatoms. The van der Waals surface area contributed by atoms with Crippen molar-refractivity contribution in [3.8, 4) is 12.3 Å². The van der Waals surface area contributed by atoms with E-state index < -0.39 is 5.97 Å². The third-order valence-electron chi connectivity index (χ3n) is 2.82. The Hall–Kier alpha value is -2.48. The number of carbonyl (C=O) groups excluding carboxylic acids is 1. The van der Waals surface area contributed by atoms with Crippen LogP contribution in [0.4, 0.5) is 10.5 Å². The molecule has 2 amide bonds. The van der Waals surface area contributed by atoms with Crippen LogP contribution in [0.15, 0.2) is 24.3 Å². The Labute approximate surface area is 118 Å². The van der Waals surface area contributed by atoms with Crippen LogP contribution in [0.1, 0.15) is 31.7 Å². The van der Waals surface area contributed by atoms with Gasteiger partial charge in [-0.05, 0) is 30.5 Å². The molecule has 0 heterocycles. The fraction of sp³-hybridized carbons (Fsp3) is 0.333. The number of benzene rings is 1. The molecule has 0 aliphatic carbocycles. The van der Waals surface area contributed by atoms with Gasteiger partial charge in [-0.1, -0.05) is 25.0 Å². The molecule has 106 valence electrons. The lowest BCUT2D eigenvalue weighted by molar-refractivity contribution is -0.137. The predicted molar refractivity (Wildman–Crippen MR) is 77.6 cm³/mol. The lowest BCUT2D eigenvalue weighted by atomic mass is 9.98. The fourth-order valence-electron chi connectivity index (χ4n) is 1.68. The number of aliphatic carboxylic acids is 1. The Morgan fingerprint density at radius 1 is 1.30 bits per heavy atom. The van der Waals surface area contributed by atoms with Gasteiger partial charge in [0.05, 0.1) is 12.5 Å². The van der Waals surface area contributed by atoms with Crippen molar-refractivity contribution in [1.82, 2.24) is 5.32 Å². The summed E-state index contributed by atoms with van der Waals surface area (Å²) in [4.78, 5) is 22.2. The number of terminal acetylenes is 1. The number of urea groups is 1. The summed E-state index contributed by atoms with van der Waals surface area (Å²) >= 11 is 0. The predicted octanol–water partition coefficient (Wildman–Crippen LogP) is 2.41. The van der Waals surface area contributed by atoms with Gasteiger partial charge in [-0.15, -0.1) is 6.42 Å². The van der Waals surface area contributed by atoms with Gasteiger partial charge in [0.2, 0.25) is 0 Å². The van der Waals surface area contributed by atoms with E-state index >= 15 is 0 Å². The third-order valence-corrected chi connectivity index (χ3v) is 2.82. The number of rotatable bonds is 5. The van der Waals surface area contributed by atoms with Crippen molar-refractivity contribution in [3.05, 3.63) is 29.8 Å². The molecular weight excluding hydrogens is 256 g/mol. The number of carboxylic acid groups (broad SMARTS) is 1. The molecule has 0 saturated carbocycles. The minimum Gasteiger partial charge on any atom is -0.481 e. The van der Waals surface area contributed by atoms with E-state index in [1.807, 2.05) is 6.92 Å². The summed E-state index contributed by atoms with van der Waals surface area (Å²) in [5.74, 6) is 1.49. The number of hydrogen-bond acceptors (Lipinski definition) is 2. The minimum atomic E-state index is -0.831. The molecule has 0 aromatic heterocycles. The molecule has 0 aliphatic heterocycles. The molecule has 0 spiro atoms. The summed E-state index contributed by atoms with van der Waals surface area (Å²) in [7, 11) is 0. The van der Waals surface area contributed by atoms with Crippen molar-refractivity contribution in [1.29, 1.82) is 0 Å². The third kappa shape index (κ3) is 5.02. The zero-order valence-corrected chi connectivity index (χ0v) is 11.5. The molecule has 20 heavy (non-hydrogen) atoms. The number of carbonyl (C=O) groups is 2. The van der Waals surface area contributed by atoms with Gasteiger partial charge < -0.3 is 15.7 Å². The van der Waals surface area contributed by atoms with E-state index in [1.165, 1.54) is 0 Å². The number of anilines is 1. The molecule has 3 N–H and O–H groups in total. The number of amides is 2. The topological polar surface area (TPSA) is 78.4 Å². The first kappa shape index (κ1) is 15.6. The van der Waals surface area contributed by atoms with Crippen molar-refractivity contribution >= 4 is 17.7 Å². The fourth-order valence-corrected chi connectivity index (χ4v) is 1.68. The van der Waals surface area contributed by atoms with Crippen LogP contribution in [0.5, 0.6) is 0 Å². The SMILES string of the molecule is C#CC(C)NC(=O)Nc1ccc(C(C)CC(=O)O)cc1. The standard InChI is InChI=1S/C15H18N2O3/c1-4-11(3)16-15(20)17-13-7-5-12(6-8-13)10(2)9-14(18)19/h1,5-8,10-11H,9H2,2-3H3,(H,18,19)(H2,16,17,20). The van der Waals surface area contributed by atoms with Crippen molar-refractivity contribution in [2.75, 3.05) is 5.32 Å². The van der Waals surface area contributed by atoms with Crippen LogP contribution < -0.4 is 10.6 Å². The van der Waals surface area contributed by atoms with Crippen LogP contribution in [-0.2, 0) is 4.79 Å². The van der Waals surface area contributed by atoms with E-state index in [2.05, 4.69) is 16.6 Å². The second kappa shape index (κ2) is 7.19. The molecule has 1 aromatic rings. The summed E-state index contributed by atoms with van der Waals surface area (Å²) < 4.78 is 0.